The molecule has 2 rings (SSSR count). The zero-order valence-corrected chi connectivity index (χ0v) is 13.2. The molecule has 4 nitrogen and oxygen atoms in total. The first-order chi connectivity index (χ1) is 10.5. The van der Waals surface area contributed by atoms with Gasteiger partial charge in [0, 0.05) is 10.7 Å². The molecule has 0 aliphatic carbocycles. The first kappa shape index (κ1) is 16.0. The summed E-state index contributed by atoms with van der Waals surface area (Å²) in [7, 11) is 0. The van der Waals surface area contributed by atoms with Crippen LogP contribution in [0.25, 0.3) is 0 Å². The lowest BCUT2D eigenvalue weighted by atomic mass is 10.1. The summed E-state index contributed by atoms with van der Waals surface area (Å²) in [6, 6.07) is 13.1. The van der Waals surface area contributed by atoms with E-state index in [0.29, 0.717) is 5.02 Å². The molecule has 0 aliphatic heterocycles. The first-order valence-electron chi connectivity index (χ1n) is 6.82. The van der Waals surface area contributed by atoms with Crippen molar-refractivity contribution in [3.05, 3.63) is 64.2 Å². The van der Waals surface area contributed by atoms with Crippen molar-refractivity contribution in [1.82, 2.24) is 0 Å². The summed E-state index contributed by atoms with van der Waals surface area (Å²) in [5, 5.41) is 7.05. The highest BCUT2D eigenvalue weighted by atomic mass is 35.5. The smallest absolute Gasteiger partial charge is 0.270 e. The molecule has 22 heavy (non-hydrogen) atoms. The van der Waals surface area contributed by atoms with Crippen LogP contribution in [0.2, 0.25) is 5.02 Å². The van der Waals surface area contributed by atoms with Gasteiger partial charge >= 0.3 is 0 Å². The summed E-state index contributed by atoms with van der Waals surface area (Å²) in [5.74, 6) is -0.335. The minimum Gasteiger partial charge on any atom is -0.391 e. The molecule has 0 saturated carbocycles. The van der Waals surface area contributed by atoms with Crippen molar-refractivity contribution in [3.8, 4) is 0 Å². The van der Waals surface area contributed by atoms with Crippen molar-refractivity contribution in [2.75, 3.05) is 5.32 Å². The number of amides is 1. The van der Waals surface area contributed by atoms with Crippen LogP contribution in [0.5, 0.6) is 0 Å². The lowest BCUT2D eigenvalue weighted by Gasteiger charge is -2.06. The maximum absolute atomic E-state index is 11.8. The number of hydrogen-bond donors (Lipinski definition) is 1. The Labute approximate surface area is 134 Å². The number of carbonyl (C=O) groups is 1. The van der Waals surface area contributed by atoms with Gasteiger partial charge in [-0.15, -0.1) is 0 Å². The zero-order chi connectivity index (χ0) is 15.9. The normalized spacial score (nSPS) is 10.7. The van der Waals surface area contributed by atoms with Crippen LogP contribution in [0, 0.1) is 13.8 Å². The molecule has 0 fully saturated rings. The Kier molecular flexibility index (Phi) is 5.55. The molecule has 2 aromatic carbocycles. The Hall–Kier alpha value is -2.33. The van der Waals surface area contributed by atoms with Crippen molar-refractivity contribution in [3.63, 3.8) is 0 Å². The van der Waals surface area contributed by atoms with Crippen molar-refractivity contribution < 1.29 is 9.63 Å². The second-order valence-electron chi connectivity index (χ2n) is 4.95. The summed E-state index contributed by atoms with van der Waals surface area (Å²) >= 11 is 5.87. The molecule has 0 spiro atoms. The summed E-state index contributed by atoms with van der Waals surface area (Å²) in [4.78, 5) is 16.8. The van der Waals surface area contributed by atoms with Crippen LogP contribution in [0.3, 0.4) is 0 Å². The topological polar surface area (TPSA) is 50.7 Å². The van der Waals surface area contributed by atoms with Gasteiger partial charge in [0.15, 0.2) is 0 Å². The van der Waals surface area contributed by atoms with E-state index in [9.17, 15) is 4.79 Å². The van der Waals surface area contributed by atoms with Crippen LogP contribution in [-0.4, -0.2) is 12.1 Å². The molecule has 0 heterocycles. The van der Waals surface area contributed by atoms with Crippen molar-refractivity contribution >= 4 is 29.4 Å². The standard InChI is InChI=1S/C17H17ClN2O2/c1-12-6-7-16(13(2)8-12)20-17(21)10-19-22-11-14-4-3-5-15(18)9-14/h3-10H,11H2,1-2H3,(H,20,21)/b19-10-. The minimum absolute atomic E-state index is 0.258. The third-order valence-corrected chi connectivity index (χ3v) is 3.24. The van der Waals surface area contributed by atoms with E-state index in [-0.39, 0.29) is 12.5 Å². The van der Waals surface area contributed by atoms with E-state index in [1.165, 1.54) is 0 Å². The molecule has 1 amide bonds. The van der Waals surface area contributed by atoms with Crippen LogP contribution in [0.1, 0.15) is 16.7 Å². The largest absolute Gasteiger partial charge is 0.391 e. The van der Waals surface area contributed by atoms with Gasteiger partial charge in [-0.05, 0) is 43.2 Å². The van der Waals surface area contributed by atoms with E-state index in [2.05, 4.69) is 10.5 Å². The summed E-state index contributed by atoms with van der Waals surface area (Å²) in [5.41, 5.74) is 3.80. The monoisotopic (exact) mass is 316 g/mol. The van der Waals surface area contributed by atoms with Gasteiger partial charge < -0.3 is 10.2 Å². The van der Waals surface area contributed by atoms with Crippen molar-refractivity contribution in [2.45, 2.75) is 20.5 Å². The average Bonchev–Trinajstić information content (AvgIpc) is 2.47. The van der Waals surface area contributed by atoms with Gasteiger partial charge in [-0.2, -0.15) is 0 Å². The lowest BCUT2D eigenvalue weighted by Crippen LogP contribution is -2.13. The number of benzene rings is 2. The Morgan fingerprint density at radius 1 is 1.27 bits per heavy atom. The number of anilines is 1. The van der Waals surface area contributed by atoms with E-state index >= 15 is 0 Å². The van der Waals surface area contributed by atoms with E-state index in [1.54, 1.807) is 12.1 Å². The number of aryl methyl sites for hydroxylation is 2. The predicted molar refractivity (Wildman–Crippen MR) is 89.3 cm³/mol. The third kappa shape index (κ3) is 4.90. The predicted octanol–water partition coefficient (Wildman–Crippen LogP) is 4.10. The second-order valence-corrected chi connectivity index (χ2v) is 5.38. The molecule has 1 N–H and O–H groups in total. The highest BCUT2D eigenvalue weighted by Crippen LogP contribution is 2.15. The van der Waals surface area contributed by atoms with Crippen molar-refractivity contribution in [1.29, 1.82) is 0 Å². The van der Waals surface area contributed by atoms with Crippen LogP contribution >= 0.6 is 11.6 Å². The third-order valence-electron chi connectivity index (χ3n) is 3.00. The fourth-order valence-electron chi connectivity index (χ4n) is 1.94. The van der Waals surface area contributed by atoms with Gasteiger partial charge in [0.2, 0.25) is 0 Å². The Morgan fingerprint density at radius 3 is 2.82 bits per heavy atom. The fraction of sp³-hybridized carbons (Fsp3) is 0.176. The molecule has 0 bridgehead atoms. The highest BCUT2D eigenvalue weighted by Gasteiger charge is 2.02. The molecule has 0 atom stereocenters. The number of carbonyl (C=O) groups excluding carboxylic acids is 1. The number of hydrogen-bond acceptors (Lipinski definition) is 3. The SMILES string of the molecule is Cc1ccc(NC(=O)/C=N\OCc2cccc(Cl)c2)c(C)c1. The molecular weight excluding hydrogens is 300 g/mol. The lowest BCUT2D eigenvalue weighted by molar-refractivity contribution is -0.110. The number of oxime groups is 1. The zero-order valence-electron chi connectivity index (χ0n) is 12.5. The molecule has 0 unspecified atom stereocenters. The molecule has 5 heteroatoms. The fourth-order valence-corrected chi connectivity index (χ4v) is 2.16. The molecule has 114 valence electrons. The summed E-state index contributed by atoms with van der Waals surface area (Å²) < 4.78 is 0. The van der Waals surface area contributed by atoms with Crippen LogP contribution in [-0.2, 0) is 16.2 Å². The number of halogens is 1. The summed E-state index contributed by atoms with van der Waals surface area (Å²) in [6.07, 6.45) is 1.11. The molecule has 0 aromatic heterocycles. The van der Waals surface area contributed by atoms with Gasteiger partial charge in [-0.3, -0.25) is 4.79 Å². The second kappa shape index (κ2) is 7.61. The van der Waals surface area contributed by atoms with Crippen LogP contribution < -0.4 is 5.32 Å². The van der Waals surface area contributed by atoms with Crippen LogP contribution in [0.4, 0.5) is 5.69 Å². The quantitative estimate of drug-likeness (QED) is 0.667. The molecule has 0 radical (unpaired) electrons. The molecular formula is C17H17ClN2O2. The van der Waals surface area contributed by atoms with Gasteiger partial charge in [-0.1, -0.05) is 46.6 Å². The van der Waals surface area contributed by atoms with E-state index in [1.807, 2.05) is 44.2 Å². The van der Waals surface area contributed by atoms with Gasteiger partial charge in [0.1, 0.15) is 12.8 Å². The van der Waals surface area contributed by atoms with E-state index < -0.39 is 0 Å². The number of nitrogens with one attached hydrogen (secondary N) is 1. The van der Waals surface area contributed by atoms with Crippen LogP contribution in [0.15, 0.2) is 47.6 Å². The highest BCUT2D eigenvalue weighted by molar-refractivity contribution is 6.31. The average molecular weight is 317 g/mol. The van der Waals surface area contributed by atoms with E-state index in [4.69, 9.17) is 16.4 Å². The number of rotatable bonds is 5. The maximum Gasteiger partial charge on any atom is 0.270 e. The first-order valence-corrected chi connectivity index (χ1v) is 7.20. The van der Waals surface area contributed by atoms with Gasteiger partial charge in [-0.25, -0.2) is 0 Å². The molecule has 0 aliphatic rings. The van der Waals surface area contributed by atoms with Crippen molar-refractivity contribution in [2.24, 2.45) is 5.16 Å². The number of nitrogens with zero attached hydrogens (tertiary/aromatic N) is 1. The molecule has 0 saturated heterocycles. The minimum atomic E-state index is -0.335. The van der Waals surface area contributed by atoms with Gasteiger partial charge in [0.25, 0.3) is 5.91 Å². The maximum atomic E-state index is 11.8. The van der Waals surface area contributed by atoms with Gasteiger partial charge in [0.05, 0.1) is 0 Å². The molecule has 2 aromatic rings. The summed E-state index contributed by atoms with van der Waals surface area (Å²) in [6.45, 7) is 4.20. The Morgan fingerprint density at radius 2 is 2.09 bits per heavy atom. The Bertz CT molecular complexity index is 699. The van der Waals surface area contributed by atoms with E-state index in [0.717, 1.165) is 28.6 Å². The Balaban J connectivity index is 1.84.